The largest absolute Gasteiger partial charge is 0.454 e. The Labute approximate surface area is 291 Å². The number of carbonyl (C=O) groups is 1. The molecule has 0 N–H and O–H groups in total. The lowest BCUT2D eigenvalue weighted by molar-refractivity contribution is -0.165. The minimum atomic E-state index is -1.72. The van der Waals surface area contributed by atoms with E-state index in [1.54, 1.807) is 5.57 Å². The predicted molar refractivity (Wildman–Crippen MR) is 205 cm³/mol. The molecule has 0 amide bonds. The maximum Gasteiger partial charge on any atom is 0.312 e. The van der Waals surface area contributed by atoms with Gasteiger partial charge in [0.15, 0.2) is 16.6 Å². The summed E-state index contributed by atoms with van der Waals surface area (Å²) in [5.41, 5.74) is 3.37. The van der Waals surface area contributed by atoms with Crippen LogP contribution in [0.15, 0.2) is 59.8 Å². The number of ether oxygens (including phenoxy) is 1. The Balaban J connectivity index is 1.77. The molecule has 0 aliphatic heterocycles. The van der Waals surface area contributed by atoms with Crippen LogP contribution < -0.4 is 0 Å². The molecule has 6 atom stereocenters. The van der Waals surface area contributed by atoms with Crippen molar-refractivity contribution in [3.05, 3.63) is 59.8 Å². The van der Waals surface area contributed by atoms with Gasteiger partial charge in [-0.25, -0.2) is 0 Å². The summed E-state index contributed by atoms with van der Waals surface area (Å²) in [6.45, 7) is 33.2. The predicted octanol–water partition coefficient (Wildman–Crippen LogP) is 11.7. The Morgan fingerprint density at radius 1 is 1.00 bits per heavy atom. The van der Waals surface area contributed by atoms with Gasteiger partial charge in [-0.2, -0.15) is 0 Å². The number of hydrogen-bond donors (Lipinski definition) is 0. The lowest BCUT2D eigenvalue weighted by Gasteiger charge is -2.44. The summed E-state index contributed by atoms with van der Waals surface area (Å²) in [7, 11) is -3.39. The zero-order chi connectivity index (χ0) is 35.4. The van der Waals surface area contributed by atoms with Crippen molar-refractivity contribution in [1.82, 2.24) is 0 Å². The van der Waals surface area contributed by atoms with Gasteiger partial charge in [-0.05, 0) is 152 Å². The molecule has 3 fully saturated rings. The Hall–Kier alpha value is -1.48. The van der Waals surface area contributed by atoms with Crippen molar-refractivity contribution in [2.45, 2.75) is 163 Å². The number of fused-ring (bicyclic) bond motifs is 1. The third-order valence-electron chi connectivity index (χ3n) is 10.9. The fourth-order valence-electron chi connectivity index (χ4n) is 8.32. The first-order valence-electron chi connectivity index (χ1n) is 18.7. The Kier molecular flexibility index (Phi) is 13.3. The lowest BCUT2D eigenvalue weighted by Crippen LogP contribution is -2.42. The average Bonchev–Trinajstić information content (AvgIpc) is 3.30. The first-order valence-corrected chi connectivity index (χ1v) is 25.5. The van der Waals surface area contributed by atoms with Crippen molar-refractivity contribution in [2.75, 3.05) is 0 Å². The van der Waals surface area contributed by atoms with Crippen molar-refractivity contribution in [1.29, 1.82) is 0 Å². The molecular formula is C41H70O4Si2. The van der Waals surface area contributed by atoms with Crippen LogP contribution in [-0.2, 0) is 18.4 Å². The molecule has 1 unspecified atom stereocenters. The minimum Gasteiger partial charge on any atom is -0.454 e. The van der Waals surface area contributed by atoms with E-state index in [1.165, 1.54) is 37.7 Å². The van der Waals surface area contributed by atoms with Gasteiger partial charge in [-0.1, -0.05) is 70.2 Å². The molecule has 0 heterocycles. The molecule has 0 aromatic rings. The molecule has 0 aromatic heterocycles. The number of carbonyl (C=O) groups excluding carboxylic acids is 1. The SMILES string of the molecule is C=C1C(=CC=C2CCC[C@]3(C)[C@@H]([C@@H](C)C=CC=CC(CC)(CC)OC(=O)C(C)(C)C)CC[C@@H]23)CC(O[Si](C)(C)C)C[C@@H]1O[Si](C)(C)C. The lowest BCUT2D eigenvalue weighted by atomic mass is 9.61. The summed E-state index contributed by atoms with van der Waals surface area (Å²) in [4.78, 5) is 12.7. The van der Waals surface area contributed by atoms with Crippen LogP contribution in [0.2, 0.25) is 39.3 Å². The van der Waals surface area contributed by atoms with Crippen LogP contribution in [-0.4, -0.2) is 40.4 Å². The highest BCUT2D eigenvalue weighted by molar-refractivity contribution is 6.70. The third kappa shape index (κ3) is 10.8. The summed E-state index contributed by atoms with van der Waals surface area (Å²) in [6.07, 6.45) is 23.6. The summed E-state index contributed by atoms with van der Waals surface area (Å²) in [5, 5.41) is 0. The van der Waals surface area contributed by atoms with Crippen LogP contribution in [0, 0.1) is 28.6 Å². The molecule has 0 spiro atoms. The van der Waals surface area contributed by atoms with Crippen molar-refractivity contribution < 1.29 is 18.4 Å². The van der Waals surface area contributed by atoms with E-state index in [0.717, 1.165) is 31.3 Å². The van der Waals surface area contributed by atoms with Gasteiger partial charge in [0, 0.05) is 6.42 Å². The fraction of sp³-hybridized carbons (Fsp3) is 0.732. The van der Waals surface area contributed by atoms with Crippen molar-refractivity contribution >= 4 is 22.6 Å². The first kappa shape index (κ1) is 40.0. The Morgan fingerprint density at radius 3 is 2.21 bits per heavy atom. The monoisotopic (exact) mass is 682 g/mol. The van der Waals surface area contributed by atoms with E-state index in [2.05, 4.69) is 110 Å². The first-order chi connectivity index (χ1) is 21.6. The van der Waals surface area contributed by atoms with Gasteiger partial charge < -0.3 is 13.6 Å². The quantitative estimate of drug-likeness (QED) is 0.117. The normalized spacial score (nSPS) is 30.4. The maximum atomic E-state index is 12.7. The molecule has 3 aliphatic carbocycles. The molecule has 3 aliphatic rings. The highest BCUT2D eigenvalue weighted by atomic mass is 28.4. The molecule has 0 saturated heterocycles. The summed E-state index contributed by atoms with van der Waals surface area (Å²) >= 11 is 0. The Bertz CT molecular complexity index is 1220. The van der Waals surface area contributed by atoms with E-state index in [0.29, 0.717) is 23.2 Å². The average molecular weight is 683 g/mol. The smallest absolute Gasteiger partial charge is 0.312 e. The van der Waals surface area contributed by atoms with E-state index in [4.69, 9.17) is 13.6 Å². The van der Waals surface area contributed by atoms with Gasteiger partial charge in [0.2, 0.25) is 0 Å². The summed E-state index contributed by atoms with van der Waals surface area (Å²) < 4.78 is 19.4. The van der Waals surface area contributed by atoms with Crippen molar-refractivity contribution in [3.63, 3.8) is 0 Å². The molecule has 47 heavy (non-hydrogen) atoms. The van der Waals surface area contributed by atoms with Crippen LogP contribution in [0.5, 0.6) is 0 Å². The van der Waals surface area contributed by atoms with Crippen LogP contribution >= 0.6 is 0 Å². The zero-order valence-corrected chi connectivity index (χ0v) is 34.6. The molecular weight excluding hydrogens is 613 g/mol. The van der Waals surface area contributed by atoms with Crippen molar-refractivity contribution in [2.24, 2.45) is 28.6 Å². The molecule has 3 saturated carbocycles. The van der Waals surface area contributed by atoms with E-state index in [1.807, 2.05) is 20.8 Å². The Morgan fingerprint density at radius 2 is 1.64 bits per heavy atom. The second-order valence-electron chi connectivity index (χ2n) is 18.1. The van der Waals surface area contributed by atoms with Crippen LogP contribution in [0.3, 0.4) is 0 Å². The highest BCUT2D eigenvalue weighted by Crippen LogP contribution is 2.59. The molecule has 6 heteroatoms. The molecule has 0 radical (unpaired) electrons. The zero-order valence-electron chi connectivity index (χ0n) is 32.6. The molecule has 4 nitrogen and oxygen atoms in total. The highest BCUT2D eigenvalue weighted by Gasteiger charge is 2.50. The van der Waals surface area contributed by atoms with Gasteiger partial charge in [-0.3, -0.25) is 4.79 Å². The number of rotatable bonds is 12. The van der Waals surface area contributed by atoms with Crippen LogP contribution in [0.25, 0.3) is 0 Å². The number of allylic oxidation sites excluding steroid dienone is 6. The molecule has 0 aromatic carbocycles. The number of esters is 1. The maximum absolute atomic E-state index is 12.7. The fourth-order valence-corrected chi connectivity index (χ4v) is 10.6. The summed E-state index contributed by atoms with van der Waals surface area (Å²) in [6, 6.07) is 0. The second-order valence-corrected chi connectivity index (χ2v) is 27.0. The van der Waals surface area contributed by atoms with E-state index in [9.17, 15) is 4.79 Å². The van der Waals surface area contributed by atoms with Crippen molar-refractivity contribution in [3.8, 4) is 0 Å². The van der Waals surface area contributed by atoms with Gasteiger partial charge in [0.05, 0.1) is 17.6 Å². The molecule has 0 bridgehead atoms. The minimum absolute atomic E-state index is 0.0564. The third-order valence-corrected chi connectivity index (χ3v) is 13.0. The molecule has 266 valence electrons. The van der Waals surface area contributed by atoms with Crippen LogP contribution in [0.4, 0.5) is 0 Å². The molecule has 3 rings (SSSR count). The van der Waals surface area contributed by atoms with E-state index in [-0.39, 0.29) is 18.2 Å². The van der Waals surface area contributed by atoms with E-state index >= 15 is 0 Å². The van der Waals surface area contributed by atoms with Gasteiger partial charge in [0.25, 0.3) is 0 Å². The van der Waals surface area contributed by atoms with Gasteiger partial charge >= 0.3 is 5.97 Å². The topological polar surface area (TPSA) is 44.8 Å². The van der Waals surface area contributed by atoms with Gasteiger partial charge in [-0.15, -0.1) is 0 Å². The van der Waals surface area contributed by atoms with Gasteiger partial charge in [0.1, 0.15) is 5.60 Å². The van der Waals surface area contributed by atoms with E-state index < -0.39 is 27.7 Å². The summed E-state index contributed by atoms with van der Waals surface area (Å²) in [5.74, 6) is 1.63. The standard InChI is InChI=1S/C41H70O4Si2/c1-15-41(16-2,43-38(42)39(5,6)7)27-18-17-20-30(3)35-24-25-36-32(21-19-26-40(35,36)8)22-23-33-28-34(44-46(9,10)11)29-37(31(33)4)45-47(12,13)14/h17-18,20,22-23,27,30,34-37H,4,15-16,19,21,24-26,28-29H2,1-3,5-14H3/t30-,34?,35+,36-,37-,40+/m0/s1. The van der Waals surface area contributed by atoms with Crippen LogP contribution in [0.1, 0.15) is 106 Å². The second kappa shape index (κ2) is 15.6. The number of hydrogen-bond acceptors (Lipinski definition) is 4.